The monoisotopic (exact) mass is 537 g/mol. The van der Waals surface area contributed by atoms with E-state index in [1.807, 2.05) is 54.6 Å². The number of anilines is 1. The molecule has 5 N–H and O–H groups in total. The van der Waals surface area contributed by atoms with E-state index in [4.69, 9.17) is 46.3 Å². The van der Waals surface area contributed by atoms with Crippen LogP contribution in [0.5, 0.6) is 0 Å². The number of aliphatic imine (C=N–C) groups is 1. The Morgan fingerprint density at radius 1 is 1.00 bits per heavy atom. The first kappa shape index (κ1) is 24.6. The van der Waals surface area contributed by atoms with Gasteiger partial charge >= 0.3 is 0 Å². The Balaban J connectivity index is 1.77. The van der Waals surface area contributed by atoms with Crippen molar-refractivity contribution < 1.29 is 0 Å². The fourth-order valence-corrected chi connectivity index (χ4v) is 5.41. The molecule has 8 heteroatoms. The van der Waals surface area contributed by atoms with Crippen molar-refractivity contribution in [2.75, 3.05) is 11.9 Å². The van der Waals surface area contributed by atoms with Crippen molar-refractivity contribution in [1.82, 2.24) is 4.57 Å². The lowest BCUT2D eigenvalue weighted by molar-refractivity contribution is 0.591. The fourth-order valence-electron chi connectivity index (χ4n) is 4.94. The summed E-state index contributed by atoms with van der Waals surface area (Å²) in [6.45, 7) is 3.30. The number of aromatic nitrogens is 1. The summed E-state index contributed by atoms with van der Waals surface area (Å²) < 4.78 is 2.25. The van der Waals surface area contributed by atoms with E-state index in [-0.39, 0.29) is 12.0 Å². The van der Waals surface area contributed by atoms with Crippen molar-refractivity contribution in [3.8, 4) is 0 Å². The third-order valence-electron chi connectivity index (χ3n) is 6.78. The number of rotatable bonds is 6. The zero-order valence-corrected chi connectivity index (χ0v) is 21.9. The van der Waals surface area contributed by atoms with Crippen LogP contribution in [0.15, 0.2) is 71.7 Å². The van der Waals surface area contributed by atoms with E-state index in [1.54, 1.807) is 0 Å². The Labute approximate surface area is 224 Å². The number of fused-ring (bicyclic) bond motifs is 3. The van der Waals surface area contributed by atoms with Gasteiger partial charge in [-0.05, 0) is 61.0 Å². The quantitative estimate of drug-likeness (QED) is 0.242. The van der Waals surface area contributed by atoms with Gasteiger partial charge in [-0.15, -0.1) is 0 Å². The number of benzene rings is 3. The second-order valence-corrected chi connectivity index (χ2v) is 10.4. The van der Waals surface area contributed by atoms with Crippen LogP contribution in [0.1, 0.15) is 12.5 Å². The maximum atomic E-state index is 6.47. The first-order valence-electron chi connectivity index (χ1n) is 11.6. The van der Waals surface area contributed by atoms with E-state index in [0.29, 0.717) is 28.2 Å². The van der Waals surface area contributed by atoms with Gasteiger partial charge in [0.15, 0.2) is 5.96 Å². The molecular formula is C28H26Cl3N5. The number of nitrogens with zero attached hydrogens (tertiary/aromatic N) is 2. The molecule has 0 radical (unpaired) electrons. The summed E-state index contributed by atoms with van der Waals surface area (Å²) in [5.41, 5.74) is 13.9. The molecule has 1 aliphatic carbocycles. The van der Waals surface area contributed by atoms with Gasteiger partial charge in [0, 0.05) is 44.1 Å². The second kappa shape index (κ2) is 9.74. The molecular weight excluding hydrogens is 513 g/mol. The predicted octanol–water partition coefficient (Wildman–Crippen LogP) is 4.89. The van der Waals surface area contributed by atoms with Crippen LogP contribution in [-0.2, 0) is 12.0 Å². The van der Waals surface area contributed by atoms with Gasteiger partial charge in [-0.3, -0.25) is 4.99 Å². The summed E-state index contributed by atoms with van der Waals surface area (Å²) in [6, 6.07) is 21.9. The van der Waals surface area contributed by atoms with E-state index in [0.717, 1.165) is 32.7 Å². The molecule has 0 amide bonds. The maximum Gasteiger partial charge on any atom is 0.185 e. The fraction of sp³-hybridized carbons (Fsp3) is 0.179. The average Bonchev–Trinajstić information content (AvgIpc) is 3.13. The van der Waals surface area contributed by atoms with Crippen LogP contribution in [0.3, 0.4) is 0 Å². The van der Waals surface area contributed by atoms with E-state index in [2.05, 4.69) is 46.1 Å². The van der Waals surface area contributed by atoms with Gasteiger partial charge in [0.2, 0.25) is 0 Å². The molecule has 2 atom stereocenters. The summed E-state index contributed by atoms with van der Waals surface area (Å²) in [5.74, 6) is 0.0785. The Kier molecular flexibility index (Phi) is 6.64. The summed E-state index contributed by atoms with van der Waals surface area (Å²) in [7, 11) is 0. The molecule has 1 heterocycles. The first-order chi connectivity index (χ1) is 17.3. The molecule has 184 valence electrons. The average molecular weight is 539 g/mol. The number of guanidine groups is 1. The topological polar surface area (TPSA) is 81.4 Å². The van der Waals surface area contributed by atoms with E-state index in [1.165, 1.54) is 0 Å². The highest BCUT2D eigenvalue weighted by Gasteiger charge is 2.36. The molecule has 0 spiro atoms. The Hall–Kier alpha value is -3.12. The highest BCUT2D eigenvalue weighted by molar-refractivity contribution is 6.42. The zero-order chi connectivity index (χ0) is 25.4. The van der Waals surface area contributed by atoms with E-state index >= 15 is 0 Å². The van der Waals surface area contributed by atoms with Gasteiger partial charge in [-0.1, -0.05) is 65.1 Å². The molecule has 0 bridgehead atoms. The number of halogens is 3. The maximum absolute atomic E-state index is 6.47. The molecule has 0 saturated heterocycles. The molecule has 4 aromatic rings. The lowest BCUT2D eigenvalue weighted by Gasteiger charge is -2.37. The molecule has 0 fully saturated rings. The van der Waals surface area contributed by atoms with Gasteiger partial charge in [-0.25, -0.2) is 0 Å². The molecule has 0 aliphatic heterocycles. The third kappa shape index (κ3) is 4.55. The third-order valence-corrected chi connectivity index (χ3v) is 7.75. The van der Waals surface area contributed by atoms with Crippen LogP contribution in [0.2, 0.25) is 15.1 Å². The van der Waals surface area contributed by atoms with Gasteiger partial charge < -0.3 is 21.4 Å². The standard InChI is InChI=1S/C28H26Cl3N5/c1-28(17-7-9-22(30)23(31)13-17)16-21-20-14-18(29)8-10-24(20)36(12-11-34-27(32)33)25(21)15-26(28)35-19-5-3-2-4-6-19/h2-10,13-16,26,35H,11-12H2,1H3,(H4,32,33,34). The van der Waals surface area contributed by atoms with Crippen LogP contribution >= 0.6 is 34.8 Å². The van der Waals surface area contributed by atoms with Crippen molar-refractivity contribution in [1.29, 1.82) is 0 Å². The van der Waals surface area contributed by atoms with Crippen molar-refractivity contribution in [2.45, 2.75) is 24.9 Å². The Bertz CT molecular complexity index is 1590. The minimum absolute atomic E-state index is 0.0785. The van der Waals surface area contributed by atoms with Crippen LogP contribution < -0.4 is 27.4 Å². The van der Waals surface area contributed by atoms with Crippen LogP contribution in [0.25, 0.3) is 23.1 Å². The van der Waals surface area contributed by atoms with E-state index in [9.17, 15) is 0 Å². The molecule has 36 heavy (non-hydrogen) atoms. The Morgan fingerprint density at radius 3 is 2.50 bits per heavy atom. The summed E-state index contributed by atoms with van der Waals surface area (Å²) in [4.78, 5) is 4.21. The largest absolute Gasteiger partial charge is 0.378 e. The summed E-state index contributed by atoms with van der Waals surface area (Å²) >= 11 is 19.2. The highest BCUT2D eigenvalue weighted by Crippen LogP contribution is 2.37. The highest BCUT2D eigenvalue weighted by atomic mass is 35.5. The van der Waals surface area contributed by atoms with Crippen molar-refractivity contribution in [2.24, 2.45) is 16.5 Å². The second-order valence-electron chi connectivity index (χ2n) is 9.13. The van der Waals surface area contributed by atoms with Gasteiger partial charge in [-0.2, -0.15) is 0 Å². The van der Waals surface area contributed by atoms with Crippen molar-refractivity contribution >= 4 is 69.5 Å². The van der Waals surface area contributed by atoms with Gasteiger partial charge in [0.1, 0.15) is 0 Å². The molecule has 1 aromatic heterocycles. The molecule has 5 nitrogen and oxygen atoms in total. The van der Waals surface area contributed by atoms with Crippen LogP contribution in [0, 0.1) is 0 Å². The number of hydrogen-bond acceptors (Lipinski definition) is 2. The smallest absolute Gasteiger partial charge is 0.185 e. The molecule has 2 unspecified atom stereocenters. The lowest BCUT2D eigenvalue weighted by atomic mass is 9.73. The molecule has 0 saturated carbocycles. The minimum Gasteiger partial charge on any atom is -0.378 e. The summed E-state index contributed by atoms with van der Waals surface area (Å²) in [5, 5.41) is 8.73. The normalized spacial score (nSPS) is 18.7. The summed E-state index contributed by atoms with van der Waals surface area (Å²) in [6.07, 6.45) is 4.58. The van der Waals surface area contributed by atoms with Gasteiger partial charge in [0.05, 0.1) is 22.6 Å². The SMILES string of the molecule is CC1(c2ccc(Cl)c(Cl)c2)C=c2c(n(CCN=C(N)N)c3ccc(Cl)cc23)=CC1Nc1ccccc1. The van der Waals surface area contributed by atoms with Gasteiger partial charge in [0.25, 0.3) is 0 Å². The minimum atomic E-state index is -0.446. The number of para-hydroxylation sites is 1. The first-order valence-corrected chi connectivity index (χ1v) is 12.7. The molecule has 1 aliphatic rings. The number of hydrogen-bond donors (Lipinski definition) is 3. The zero-order valence-electron chi connectivity index (χ0n) is 19.7. The molecule has 5 rings (SSSR count). The molecule has 3 aromatic carbocycles. The van der Waals surface area contributed by atoms with Crippen LogP contribution in [0.4, 0.5) is 5.69 Å². The van der Waals surface area contributed by atoms with Crippen molar-refractivity contribution in [3.63, 3.8) is 0 Å². The van der Waals surface area contributed by atoms with E-state index < -0.39 is 5.41 Å². The predicted molar refractivity (Wildman–Crippen MR) is 153 cm³/mol. The van der Waals surface area contributed by atoms with Crippen molar-refractivity contribution in [3.05, 3.63) is 97.9 Å². The number of nitrogens with two attached hydrogens (primary N) is 2. The Morgan fingerprint density at radius 2 is 1.78 bits per heavy atom. The number of nitrogens with one attached hydrogen (secondary N) is 1. The lowest BCUT2D eigenvalue weighted by Crippen LogP contribution is -2.48. The van der Waals surface area contributed by atoms with Crippen LogP contribution in [-0.4, -0.2) is 23.1 Å².